The van der Waals surface area contributed by atoms with Crippen LogP contribution in [0.1, 0.15) is 40.6 Å². The smallest absolute Gasteiger partial charge is 0.271 e. The minimum Gasteiger partial charge on any atom is -0.368 e. The molecule has 2 unspecified atom stereocenters. The van der Waals surface area contributed by atoms with Crippen LogP contribution in [0.5, 0.6) is 0 Å². The third-order valence-corrected chi connectivity index (χ3v) is 6.18. The van der Waals surface area contributed by atoms with Crippen molar-refractivity contribution in [1.82, 2.24) is 25.2 Å². The van der Waals surface area contributed by atoms with Crippen molar-refractivity contribution in [2.24, 2.45) is 0 Å². The third kappa shape index (κ3) is 4.03. The van der Waals surface area contributed by atoms with Gasteiger partial charge in [0, 0.05) is 50.5 Å². The quantitative estimate of drug-likeness (QED) is 0.659. The molecule has 2 fully saturated rings. The number of carbonyl (C=O) groups excluding carboxylic acids is 2. The minimum absolute atomic E-state index is 0.168. The van der Waals surface area contributed by atoms with Crippen LogP contribution >= 0.6 is 0 Å². The Morgan fingerprint density at radius 1 is 1.13 bits per heavy atom. The van der Waals surface area contributed by atoms with Crippen LogP contribution in [-0.4, -0.2) is 58.1 Å². The van der Waals surface area contributed by atoms with Crippen molar-refractivity contribution in [1.29, 1.82) is 0 Å². The Hall–Kier alpha value is -3.26. The second-order valence-corrected chi connectivity index (χ2v) is 8.38. The van der Waals surface area contributed by atoms with E-state index in [0.29, 0.717) is 29.8 Å². The molecule has 1 amide bonds. The van der Waals surface area contributed by atoms with Crippen LogP contribution in [-0.2, 0) is 6.42 Å². The number of fused-ring (bicyclic) bond motifs is 3. The summed E-state index contributed by atoms with van der Waals surface area (Å²) in [4.78, 5) is 35.2. The Morgan fingerprint density at radius 3 is 2.58 bits per heavy atom. The highest BCUT2D eigenvalue weighted by molar-refractivity contribution is 5.94. The predicted octanol–water partition coefficient (Wildman–Crippen LogP) is 2.00. The number of piperazine rings is 1. The van der Waals surface area contributed by atoms with E-state index in [0.717, 1.165) is 19.5 Å². The van der Waals surface area contributed by atoms with Crippen molar-refractivity contribution in [3.8, 4) is 0 Å². The molecule has 0 aliphatic carbocycles. The van der Waals surface area contributed by atoms with Gasteiger partial charge in [-0.25, -0.2) is 4.98 Å². The van der Waals surface area contributed by atoms with Crippen LogP contribution in [0.2, 0.25) is 0 Å². The van der Waals surface area contributed by atoms with Crippen LogP contribution < -0.4 is 15.5 Å². The highest BCUT2D eigenvalue weighted by atomic mass is 16.2. The summed E-state index contributed by atoms with van der Waals surface area (Å²) in [5.74, 6) is -0.461. The second kappa shape index (κ2) is 8.11. The molecule has 160 valence electrons. The van der Waals surface area contributed by atoms with E-state index in [-0.39, 0.29) is 17.5 Å². The largest absolute Gasteiger partial charge is 0.368 e. The summed E-state index contributed by atoms with van der Waals surface area (Å²) in [6.45, 7) is 4.10. The fourth-order valence-corrected chi connectivity index (χ4v) is 4.55. The molecule has 2 aliphatic rings. The van der Waals surface area contributed by atoms with E-state index >= 15 is 0 Å². The maximum absolute atomic E-state index is 12.5. The molecule has 2 bridgehead atoms. The second-order valence-electron chi connectivity index (χ2n) is 8.38. The molecule has 2 saturated heterocycles. The number of benzene rings is 1. The van der Waals surface area contributed by atoms with Crippen LogP contribution in [0.3, 0.4) is 0 Å². The van der Waals surface area contributed by atoms with Gasteiger partial charge in [-0.2, -0.15) is 0 Å². The first kappa shape index (κ1) is 19.7. The summed E-state index contributed by atoms with van der Waals surface area (Å²) in [5, 5.41) is 6.56. The molecule has 2 aromatic heterocycles. The topological polar surface area (TPSA) is 92.2 Å². The number of rotatable bonds is 5. The van der Waals surface area contributed by atoms with Crippen LogP contribution in [0.15, 0.2) is 42.7 Å². The number of hydrogen-bond donors (Lipinski definition) is 2. The summed E-state index contributed by atoms with van der Waals surface area (Å²) in [7, 11) is 0. The number of nitrogens with one attached hydrogen (secondary N) is 2. The molecule has 1 aromatic carbocycles. The zero-order chi connectivity index (χ0) is 21.4. The fourth-order valence-electron chi connectivity index (χ4n) is 4.55. The lowest BCUT2D eigenvalue weighted by atomic mass is 10.1. The molecule has 2 aliphatic heterocycles. The highest BCUT2D eigenvalue weighted by Gasteiger charge is 2.32. The number of anilines is 1. The molecule has 4 heterocycles. The van der Waals surface area contributed by atoms with Crippen LogP contribution in [0, 0.1) is 0 Å². The number of nitrogens with zero attached hydrogens (tertiary/aromatic N) is 4. The molecular weight excluding hydrogens is 392 g/mol. The Balaban J connectivity index is 1.17. The maximum Gasteiger partial charge on any atom is 0.271 e. The Morgan fingerprint density at radius 2 is 1.87 bits per heavy atom. The van der Waals surface area contributed by atoms with Gasteiger partial charge in [-0.15, -0.1) is 0 Å². The Kier molecular flexibility index (Phi) is 5.15. The lowest BCUT2D eigenvalue weighted by Crippen LogP contribution is -2.51. The summed E-state index contributed by atoms with van der Waals surface area (Å²) in [6, 6.07) is 11.6. The van der Waals surface area contributed by atoms with E-state index in [2.05, 4.69) is 49.8 Å². The summed E-state index contributed by atoms with van der Waals surface area (Å²) in [5.41, 5.74) is 3.64. The average Bonchev–Trinajstić information content (AvgIpc) is 3.36. The molecule has 5 rings (SSSR count). The van der Waals surface area contributed by atoms with Crippen LogP contribution in [0.4, 0.5) is 5.69 Å². The van der Waals surface area contributed by atoms with E-state index in [1.54, 1.807) is 12.3 Å². The molecule has 3 aromatic rings. The molecule has 0 radical (unpaired) electrons. The number of aromatic nitrogens is 3. The lowest BCUT2D eigenvalue weighted by Gasteiger charge is -2.34. The third-order valence-electron chi connectivity index (χ3n) is 6.18. The summed E-state index contributed by atoms with van der Waals surface area (Å²) in [6.07, 6.45) is 6.34. The van der Waals surface area contributed by atoms with E-state index in [4.69, 9.17) is 0 Å². The van der Waals surface area contributed by atoms with Crippen LogP contribution in [0.25, 0.3) is 11.2 Å². The first-order valence-corrected chi connectivity index (χ1v) is 10.8. The highest BCUT2D eigenvalue weighted by Crippen LogP contribution is 2.25. The van der Waals surface area contributed by atoms with Gasteiger partial charge in [-0.05, 0) is 43.0 Å². The van der Waals surface area contributed by atoms with Crippen molar-refractivity contribution in [3.63, 3.8) is 0 Å². The first-order chi connectivity index (χ1) is 15.1. The van der Waals surface area contributed by atoms with Gasteiger partial charge in [-0.3, -0.25) is 19.1 Å². The van der Waals surface area contributed by atoms with E-state index in [1.165, 1.54) is 41.8 Å². The van der Waals surface area contributed by atoms with Crippen molar-refractivity contribution >= 4 is 28.7 Å². The summed E-state index contributed by atoms with van der Waals surface area (Å²) < 4.78 is 1.39. The van der Waals surface area contributed by atoms with Crippen molar-refractivity contribution in [2.75, 3.05) is 24.5 Å². The van der Waals surface area contributed by atoms with Gasteiger partial charge in [-0.1, -0.05) is 12.1 Å². The first-order valence-electron chi connectivity index (χ1n) is 10.8. The van der Waals surface area contributed by atoms with Gasteiger partial charge in [0.05, 0.1) is 6.20 Å². The van der Waals surface area contributed by atoms with Gasteiger partial charge in [0.15, 0.2) is 5.65 Å². The molecule has 8 heteroatoms. The van der Waals surface area contributed by atoms with Gasteiger partial charge in [0.1, 0.15) is 11.2 Å². The standard InChI is InChI=1S/C23H26N6O2/c1-15(30)29-11-9-20-22(29)27-21(12-25-20)23(31)24-10-8-16-2-6-19(7-3-16)28-13-17-4-5-18(14-28)26-17/h2-3,6-7,9,11-12,17-18,26H,4-5,8,10,13-14H2,1H3,(H,24,31). The fraction of sp³-hybridized carbons (Fsp3) is 0.391. The molecular formula is C23H26N6O2. The molecule has 0 spiro atoms. The monoisotopic (exact) mass is 418 g/mol. The minimum atomic E-state index is -0.293. The van der Waals surface area contributed by atoms with Crippen molar-refractivity contribution in [2.45, 2.75) is 38.3 Å². The van der Waals surface area contributed by atoms with Gasteiger partial charge in [0.25, 0.3) is 5.91 Å². The van der Waals surface area contributed by atoms with E-state index in [1.807, 2.05) is 0 Å². The Bertz CT molecular complexity index is 1110. The molecule has 0 saturated carbocycles. The zero-order valence-electron chi connectivity index (χ0n) is 17.5. The predicted molar refractivity (Wildman–Crippen MR) is 118 cm³/mol. The molecule has 2 atom stereocenters. The van der Waals surface area contributed by atoms with Gasteiger partial charge < -0.3 is 15.5 Å². The zero-order valence-corrected chi connectivity index (χ0v) is 17.5. The lowest BCUT2D eigenvalue weighted by molar-refractivity contribution is 0.0931. The van der Waals surface area contributed by atoms with Gasteiger partial charge in [0.2, 0.25) is 5.91 Å². The number of amides is 1. The molecule has 31 heavy (non-hydrogen) atoms. The number of carbonyl (C=O) groups is 2. The Labute approximate surface area is 180 Å². The van der Waals surface area contributed by atoms with Gasteiger partial charge >= 0.3 is 0 Å². The summed E-state index contributed by atoms with van der Waals surface area (Å²) >= 11 is 0. The number of hydrogen-bond acceptors (Lipinski definition) is 6. The molecule has 2 N–H and O–H groups in total. The average molecular weight is 419 g/mol. The van der Waals surface area contributed by atoms with Crippen molar-refractivity contribution in [3.05, 3.63) is 54.0 Å². The SMILES string of the molecule is CC(=O)n1ccc2ncc(C(=O)NCCc3ccc(N4CC5CCC(C4)N5)cc3)nc21. The van der Waals surface area contributed by atoms with Crippen molar-refractivity contribution < 1.29 is 9.59 Å². The normalized spacial score (nSPS) is 20.2. The molecule has 8 nitrogen and oxygen atoms in total. The van der Waals surface area contributed by atoms with E-state index in [9.17, 15) is 9.59 Å². The van der Waals surface area contributed by atoms with E-state index < -0.39 is 0 Å². The maximum atomic E-state index is 12.5.